The fraction of sp³-hybridized carbons (Fsp3) is 0.256. The van der Waals surface area contributed by atoms with Gasteiger partial charge in [-0.2, -0.15) is 9.78 Å². The third kappa shape index (κ3) is 7.70. The van der Waals surface area contributed by atoms with Crippen LogP contribution in [0.25, 0.3) is 22.3 Å². The fourth-order valence-corrected chi connectivity index (χ4v) is 5.56. The topological polar surface area (TPSA) is 118 Å². The van der Waals surface area contributed by atoms with Gasteiger partial charge in [-0.3, -0.25) is 14.9 Å². The molecule has 1 aromatic heterocycles. The highest BCUT2D eigenvalue weighted by Gasteiger charge is 2.19. The number of hydrogen-bond acceptors (Lipinski definition) is 8. The van der Waals surface area contributed by atoms with E-state index in [2.05, 4.69) is 20.4 Å². The molecule has 49 heavy (non-hydrogen) atoms. The lowest BCUT2D eigenvalue weighted by Crippen LogP contribution is -2.21. The molecular weight excluding hydrogens is 620 g/mol. The molecule has 0 aliphatic carbocycles. The van der Waals surface area contributed by atoms with Crippen molar-refractivity contribution in [3.8, 4) is 28.6 Å². The van der Waals surface area contributed by atoms with Crippen LogP contribution in [0.15, 0.2) is 95.3 Å². The molecule has 0 spiro atoms. The summed E-state index contributed by atoms with van der Waals surface area (Å²) in [5.41, 5.74) is 5.24. The van der Waals surface area contributed by atoms with Gasteiger partial charge in [-0.25, -0.2) is 4.98 Å². The van der Waals surface area contributed by atoms with E-state index in [1.807, 2.05) is 63.2 Å². The minimum atomic E-state index is -0.437. The summed E-state index contributed by atoms with van der Waals surface area (Å²) in [5, 5.41) is 16.3. The molecule has 10 heteroatoms. The molecule has 252 valence electrons. The summed E-state index contributed by atoms with van der Waals surface area (Å²) in [5.74, 6) is 2.44. The zero-order chi connectivity index (χ0) is 35.1. The summed E-state index contributed by atoms with van der Waals surface area (Å²) in [6, 6.07) is 21.2. The van der Waals surface area contributed by atoms with Crippen molar-refractivity contribution in [1.82, 2.24) is 9.66 Å². The minimum absolute atomic E-state index is 0.0108. The van der Waals surface area contributed by atoms with E-state index in [4.69, 9.17) is 24.3 Å². The summed E-state index contributed by atoms with van der Waals surface area (Å²) in [7, 11) is 0. The van der Waals surface area contributed by atoms with Gasteiger partial charge in [0.25, 0.3) is 11.2 Å². The Morgan fingerprint density at radius 3 is 2.37 bits per heavy atom. The van der Waals surface area contributed by atoms with Crippen molar-refractivity contribution in [2.24, 2.45) is 5.10 Å². The molecule has 5 aromatic rings. The first-order chi connectivity index (χ1) is 23.6. The van der Waals surface area contributed by atoms with Crippen LogP contribution in [0.1, 0.15) is 61.4 Å². The molecule has 0 unspecified atom stereocenters. The van der Waals surface area contributed by atoms with Gasteiger partial charge in [0, 0.05) is 23.3 Å². The molecule has 0 radical (unpaired) electrons. The Bertz CT molecular complexity index is 2080. The highest BCUT2D eigenvalue weighted by molar-refractivity contribution is 5.83. The standard InChI is InChI=1S/C39H40N4O6/c1-7-12-29-20-28(21-36(48-9-3)37(29)49-24-27-15-17-30(18-16-27)43(45)46)23-40-42-38(41-34-14-11-10-13-31(34)39(42)44)33-22-32(25(4)5)35(47-8-2)19-26(33)6/h7,10-11,13-23,25H,1,8-9,12,24H2,2-6H3. The monoisotopic (exact) mass is 660 g/mol. The SMILES string of the molecule is C=CCc1cc(C=Nn2c(-c3cc(C(C)C)c(OCC)cc3C)nc3ccccc3c2=O)cc(OCC)c1OCc1ccc([N+](=O)[O-])cc1. The summed E-state index contributed by atoms with van der Waals surface area (Å²) in [4.78, 5) is 29.6. The van der Waals surface area contributed by atoms with E-state index >= 15 is 0 Å². The molecule has 1 heterocycles. The number of nitro groups is 1. The van der Waals surface area contributed by atoms with Crippen molar-refractivity contribution in [2.45, 2.75) is 53.6 Å². The number of nitro benzene ring substituents is 1. The first-order valence-corrected chi connectivity index (χ1v) is 16.3. The van der Waals surface area contributed by atoms with Gasteiger partial charge in [0.15, 0.2) is 17.3 Å². The second kappa shape index (κ2) is 15.4. The Hall–Kier alpha value is -5.77. The van der Waals surface area contributed by atoms with Crippen LogP contribution in [0.4, 0.5) is 5.69 Å². The molecule has 0 amide bonds. The quantitative estimate of drug-likeness (QED) is 0.0508. The molecule has 0 fully saturated rings. The molecule has 0 aliphatic heterocycles. The Kier molecular flexibility index (Phi) is 10.9. The summed E-state index contributed by atoms with van der Waals surface area (Å²) in [6.45, 7) is 15.0. The second-order valence-electron chi connectivity index (χ2n) is 11.8. The number of aryl methyl sites for hydroxylation is 1. The van der Waals surface area contributed by atoms with Gasteiger partial charge in [0.1, 0.15) is 12.4 Å². The molecule has 10 nitrogen and oxygen atoms in total. The number of rotatable bonds is 14. The zero-order valence-corrected chi connectivity index (χ0v) is 28.4. The fourth-order valence-electron chi connectivity index (χ4n) is 5.56. The average Bonchev–Trinajstić information content (AvgIpc) is 3.08. The molecule has 0 atom stereocenters. The van der Waals surface area contributed by atoms with Crippen molar-refractivity contribution >= 4 is 22.8 Å². The Morgan fingerprint density at radius 1 is 0.980 bits per heavy atom. The van der Waals surface area contributed by atoms with Gasteiger partial charge in [0.2, 0.25) is 0 Å². The van der Waals surface area contributed by atoms with Gasteiger partial charge in [-0.1, -0.05) is 32.1 Å². The first kappa shape index (κ1) is 34.6. The van der Waals surface area contributed by atoms with E-state index in [1.165, 1.54) is 16.8 Å². The minimum Gasteiger partial charge on any atom is -0.494 e. The molecule has 0 saturated heterocycles. The van der Waals surface area contributed by atoms with Crippen LogP contribution in [-0.2, 0) is 13.0 Å². The number of ether oxygens (including phenoxy) is 3. The number of para-hydroxylation sites is 1. The number of benzene rings is 4. The predicted molar refractivity (Wildman–Crippen MR) is 193 cm³/mol. The van der Waals surface area contributed by atoms with E-state index in [0.717, 1.165) is 33.6 Å². The van der Waals surface area contributed by atoms with Gasteiger partial charge in [-0.05, 0) is 104 Å². The smallest absolute Gasteiger partial charge is 0.282 e. The largest absolute Gasteiger partial charge is 0.494 e. The maximum absolute atomic E-state index is 14.0. The van der Waals surface area contributed by atoms with Gasteiger partial charge < -0.3 is 14.2 Å². The van der Waals surface area contributed by atoms with Crippen molar-refractivity contribution in [3.05, 3.63) is 134 Å². The number of fused-ring (bicyclic) bond motifs is 1. The average molecular weight is 661 g/mol. The number of hydrogen-bond donors (Lipinski definition) is 0. The predicted octanol–water partition coefficient (Wildman–Crippen LogP) is 8.39. The molecular formula is C39H40N4O6. The van der Waals surface area contributed by atoms with E-state index in [-0.39, 0.29) is 23.8 Å². The van der Waals surface area contributed by atoms with Crippen molar-refractivity contribution in [3.63, 3.8) is 0 Å². The van der Waals surface area contributed by atoms with E-state index in [0.29, 0.717) is 53.4 Å². The Labute approximate surface area is 285 Å². The number of aromatic nitrogens is 2. The van der Waals surface area contributed by atoms with Crippen LogP contribution in [0, 0.1) is 17.0 Å². The highest BCUT2D eigenvalue weighted by Crippen LogP contribution is 2.36. The summed E-state index contributed by atoms with van der Waals surface area (Å²) < 4.78 is 19.5. The normalized spacial score (nSPS) is 11.3. The first-order valence-electron chi connectivity index (χ1n) is 16.3. The van der Waals surface area contributed by atoms with Crippen LogP contribution in [0.5, 0.6) is 17.2 Å². The molecule has 5 rings (SSSR count). The van der Waals surface area contributed by atoms with E-state index in [1.54, 1.807) is 30.5 Å². The lowest BCUT2D eigenvalue weighted by atomic mass is 9.96. The lowest BCUT2D eigenvalue weighted by Gasteiger charge is -2.18. The number of non-ortho nitro benzene ring substituents is 1. The van der Waals surface area contributed by atoms with Crippen LogP contribution in [0.2, 0.25) is 0 Å². The molecule has 0 aliphatic rings. The van der Waals surface area contributed by atoms with Crippen LogP contribution in [0.3, 0.4) is 0 Å². The maximum atomic E-state index is 14.0. The summed E-state index contributed by atoms with van der Waals surface area (Å²) in [6.07, 6.45) is 3.86. The number of allylic oxidation sites excluding steroid dienone is 1. The molecule has 4 aromatic carbocycles. The Balaban J connectivity index is 1.60. The van der Waals surface area contributed by atoms with Gasteiger partial charge >= 0.3 is 0 Å². The van der Waals surface area contributed by atoms with E-state index in [9.17, 15) is 14.9 Å². The van der Waals surface area contributed by atoms with Crippen LogP contribution < -0.4 is 19.8 Å². The summed E-state index contributed by atoms with van der Waals surface area (Å²) >= 11 is 0. The van der Waals surface area contributed by atoms with Crippen molar-refractivity contribution < 1.29 is 19.1 Å². The van der Waals surface area contributed by atoms with Crippen LogP contribution >= 0.6 is 0 Å². The maximum Gasteiger partial charge on any atom is 0.282 e. The van der Waals surface area contributed by atoms with Crippen molar-refractivity contribution in [1.29, 1.82) is 0 Å². The second-order valence-corrected chi connectivity index (χ2v) is 11.8. The number of nitrogens with zero attached hydrogens (tertiary/aromatic N) is 4. The van der Waals surface area contributed by atoms with Gasteiger partial charge in [0.05, 0.1) is 35.3 Å². The lowest BCUT2D eigenvalue weighted by molar-refractivity contribution is -0.384. The van der Waals surface area contributed by atoms with Gasteiger partial charge in [-0.15, -0.1) is 6.58 Å². The van der Waals surface area contributed by atoms with E-state index < -0.39 is 4.92 Å². The third-order valence-corrected chi connectivity index (χ3v) is 7.94. The highest BCUT2D eigenvalue weighted by atomic mass is 16.6. The molecule has 0 N–H and O–H groups in total. The Morgan fingerprint density at radius 2 is 1.69 bits per heavy atom. The molecule has 0 bridgehead atoms. The van der Waals surface area contributed by atoms with Crippen molar-refractivity contribution in [2.75, 3.05) is 13.2 Å². The third-order valence-electron chi connectivity index (χ3n) is 7.94. The van der Waals surface area contributed by atoms with Crippen LogP contribution in [-0.4, -0.2) is 34.0 Å². The zero-order valence-electron chi connectivity index (χ0n) is 28.4. The molecule has 0 saturated carbocycles.